The van der Waals surface area contributed by atoms with Gasteiger partial charge in [-0.15, -0.1) is 0 Å². The zero-order valence-corrected chi connectivity index (χ0v) is 12.5. The van der Waals surface area contributed by atoms with Crippen LogP contribution < -0.4 is 4.72 Å². The third-order valence-corrected chi connectivity index (χ3v) is 4.34. The largest absolute Gasteiger partial charge is 0.279 e. The monoisotopic (exact) mass is 324 g/mol. The molecule has 0 unspecified atom stereocenters. The molecule has 4 nitrogen and oxygen atoms in total. The van der Waals surface area contributed by atoms with Crippen LogP contribution >= 0.6 is 11.6 Å². The molecular weight excluding hydrogens is 315 g/mol. The Bertz CT molecular complexity index is 824. The molecule has 0 amide bonds. The van der Waals surface area contributed by atoms with Crippen molar-refractivity contribution in [2.45, 2.75) is 11.8 Å². The first kappa shape index (κ1) is 15.3. The van der Waals surface area contributed by atoms with Gasteiger partial charge < -0.3 is 0 Å². The zero-order valence-electron chi connectivity index (χ0n) is 10.9. The first-order chi connectivity index (χ1) is 9.81. The normalized spacial score (nSPS) is 11.0. The second-order valence-corrected chi connectivity index (χ2v) is 6.47. The van der Waals surface area contributed by atoms with Crippen molar-refractivity contribution in [2.24, 2.45) is 0 Å². The molecule has 0 saturated carbocycles. The van der Waals surface area contributed by atoms with Crippen molar-refractivity contribution in [2.75, 3.05) is 4.72 Å². The van der Waals surface area contributed by atoms with Crippen LogP contribution in [-0.2, 0) is 10.0 Å². The summed E-state index contributed by atoms with van der Waals surface area (Å²) in [6, 6.07) is 9.47. The Hall–Kier alpha value is -2.10. The van der Waals surface area contributed by atoms with Gasteiger partial charge in [-0.2, -0.15) is 5.26 Å². The molecule has 0 aliphatic carbocycles. The van der Waals surface area contributed by atoms with E-state index in [4.69, 9.17) is 16.9 Å². The predicted molar refractivity (Wildman–Crippen MR) is 78.1 cm³/mol. The van der Waals surface area contributed by atoms with E-state index in [1.165, 1.54) is 24.3 Å². The molecule has 2 rings (SSSR count). The highest BCUT2D eigenvalue weighted by atomic mass is 35.5. The minimum Gasteiger partial charge on any atom is -0.279 e. The number of nitrogens with one attached hydrogen (secondary N) is 1. The van der Waals surface area contributed by atoms with E-state index in [0.29, 0.717) is 11.1 Å². The lowest BCUT2D eigenvalue weighted by atomic mass is 10.1. The average molecular weight is 325 g/mol. The summed E-state index contributed by atoms with van der Waals surface area (Å²) in [5.41, 5.74) is 0.961. The van der Waals surface area contributed by atoms with Crippen LogP contribution in [-0.4, -0.2) is 8.42 Å². The van der Waals surface area contributed by atoms with E-state index in [-0.39, 0.29) is 15.6 Å². The van der Waals surface area contributed by atoms with Crippen molar-refractivity contribution < 1.29 is 12.8 Å². The molecular formula is C14H10ClFN2O2S. The zero-order chi connectivity index (χ0) is 15.6. The molecule has 0 aromatic heterocycles. The van der Waals surface area contributed by atoms with E-state index in [0.717, 1.165) is 12.1 Å². The molecule has 0 spiro atoms. The van der Waals surface area contributed by atoms with Gasteiger partial charge in [-0.05, 0) is 48.9 Å². The van der Waals surface area contributed by atoms with Crippen molar-refractivity contribution in [1.82, 2.24) is 0 Å². The van der Waals surface area contributed by atoms with E-state index in [2.05, 4.69) is 4.72 Å². The highest BCUT2D eigenvalue weighted by molar-refractivity contribution is 7.92. The van der Waals surface area contributed by atoms with Crippen LogP contribution in [0, 0.1) is 24.1 Å². The quantitative estimate of drug-likeness (QED) is 0.940. The first-order valence-corrected chi connectivity index (χ1v) is 7.67. The van der Waals surface area contributed by atoms with Gasteiger partial charge in [0.2, 0.25) is 0 Å². The average Bonchev–Trinajstić information content (AvgIpc) is 2.36. The van der Waals surface area contributed by atoms with Crippen LogP contribution in [0.15, 0.2) is 41.3 Å². The smallest absolute Gasteiger partial charge is 0.261 e. The van der Waals surface area contributed by atoms with Crippen LogP contribution in [0.3, 0.4) is 0 Å². The Morgan fingerprint density at radius 1 is 1.24 bits per heavy atom. The van der Waals surface area contributed by atoms with E-state index < -0.39 is 15.8 Å². The molecule has 1 N–H and O–H groups in total. The minimum atomic E-state index is -3.88. The molecule has 0 aliphatic heterocycles. The maximum absolute atomic E-state index is 13.2. The van der Waals surface area contributed by atoms with Gasteiger partial charge in [-0.25, -0.2) is 12.8 Å². The molecule has 21 heavy (non-hydrogen) atoms. The lowest BCUT2D eigenvalue weighted by Crippen LogP contribution is -2.13. The molecule has 0 aliphatic rings. The lowest BCUT2D eigenvalue weighted by Gasteiger charge is -2.09. The van der Waals surface area contributed by atoms with Crippen molar-refractivity contribution in [1.29, 1.82) is 5.26 Å². The van der Waals surface area contributed by atoms with Gasteiger partial charge in [-0.3, -0.25) is 4.72 Å². The van der Waals surface area contributed by atoms with Gasteiger partial charge in [0, 0.05) is 5.02 Å². The van der Waals surface area contributed by atoms with Crippen LogP contribution in [0.4, 0.5) is 10.1 Å². The van der Waals surface area contributed by atoms with Gasteiger partial charge in [-0.1, -0.05) is 11.6 Å². The Morgan fingerprint density at radius 3 is 2.52 bits per heavy atom. The lowest BCUT2D eigenvalue weighted by molar-refractivity contribution is 0.601. The van der Waals surface area contributed by atoms with Crippen LogP contribution in [0.1, 0.15) is 11.1 Å². The summed E-state index contributed by atoms with van der Waals surface area (Å²) in [6.07, 6.45) is 0. The van der Waals surface area contributed by atoms with Crippen molar-refractivity contribution in [3.8, 4) is 6.07 Å². The molecule has 2 aromatic carbocycles. The van der Waals surface area contributed by atoms with Crippen LogP contribution in [0.25, 0.3) is 0 Å². The van der Waals surface area contributed by atoms with E-state index in [1.807, 2.05) is 6.07 Å². The first-order valence-electron chi connectivity index (χ1n) is 5.81. The Balaban J connectivity index is 2.39. The number of nitriles is 1. The maximum atomic E-state index is 13.2. The predicted octanol–water partition coefficient (Wildman–Crippen LogP) is 3.46. The molecule has 0 atom stereocenters. The fraction of sp³-hybridized carbons (Fsp3) is 0.0714. The molecule has 0 bridgehead atoms. The van der Waals surface area contributed by atoms with Crippen LogP contribution in [0.2, 0.25) is 5.02 Å². The van der Waals surface area contributed by atoms with Crippen molar-refractivity contribution >= 4 is 27.3 Å². The Morgan fingerprint density at radius 2 is 1.95 bits per heavy atom. The number of benzene rings is 2. The number of anilines is 1. The summed E-state index contributed by atoms with van der Waals surface area (Å²) < 4.78 is 39.9. The fourth-order valence-electron chi connectivity index (χ4n) is 1.76. The van der Waals surface area contributed by atoms with Crippen molar-refractivity contribution in [3.63, 3.8) is 0 Å². The van der Waals surface area contributed by atoms with E-state index in [1.54, 1.807) is 6.92 Å². The summed E-state index contributed by atoms with van der Waals surface area (Å²) in [5.74, 6) is -0.642. The third-order valence-electron chi connectivity index (χ3n) is 2.74. The number of hydrogen-bond acceptors (Lipinski definition) is 3. The molecule has 2 aromatic rings. The third kappa shape index (κ3) is 3.51. The summed E-state index contributed by atoms with van der Waals surface area (Å²) in [5, 5.41) is 8.92. The van der Waals surface area contributed by atoms with E-state index in [9.17, 15) is 12.8 Å². The summed E-state index contributed by atoms with van der Waals surface area (Å²) in [6.45, 7) is 1.64. The molecule has 0 radical (unpaired) electrons. The Labute approximate surface area is 126 Å². The van der Waals surface area contributed by atoms with Gasteiger partial charge in [0.05, 0.1) is 22.2 Å². The molecule has 0 saturated heterocycles. The fourth-order valence-corrected chi connectivity index (χ4v) is 3.10. The maximum Gasteiger partial charge on any atom is 0.261 e. The topological polar surface area (TPSA) is 70.0 Å². The number of halogens is 2. The second-order valence-electron chi connectivity index (χ2n) is 4.35. The summed E-state index contributed by atoms with van der Waals surface area (Å²) in [7, 11) is -3.88. The molecule has 7 heteroatoms. The van der Waals surface area contributed by atoms with E-state index >= 15 is 0 Å². The highest BCUT2D eigenvalue weighted by Gasteiger charge is 2.16. The Kier molecular flexibility index (Phi) is 4.16. The van der Waals surface area contributed by atoms with Crippen LogP contribution in [0.5, 0.6) is 0 Å². The van der Waals surface area contributed by atoms with Gasteiger partial charge >= 0.3 is 0 Å². The molecule has 0 fully saturated rings. The SMILES string of the molecule is Cc1cc(S(=O)(=O)Nc2cc(F)cc(Cl)c2)ccc1C#N. The summed E-state index contributed by atoms with van der Waals surface area (Å²) in [4.78, 5) is -0.0145. The number of rotatable bonds is 3. The molecule has 108 valence electrons. The molecule has 0 heterocycles. The number of sulfonamides is 1. The number of nitrogens with zero attached hydrogens (tertiary/aromatic N) is 1. The van der Waals surface area contributed by atoms with Gasteiger partial charge in [0.1, 0.15) is 5.82 Å². The number of hydrogen-bond donors (Lipinski definition) is 1. The number of aryl methyl sites for hydroxylation is 1. The second kappa shape index (κ2) is 5.72. The standard InChI is InChI=1S/C14H10ClFN2O2S/c1-9-4-14(3-2-10(9)8-17)21(19,20)18-13-6-11(15)5-12(16)7-13/h2-7,18H,1H3. The summed E-state index contributed by atoms with van der Waals surface area (Å²) >= 11 is 5.68. The highest BCUT2D eigenvalue weighted by Crippen LogP contribution is 2.22. The van der Waals surface area contributed by atoms with Gasteiger partial charge in [0.25, 0.3) is 10.0 Å². The van der Waals surface area contributed by atoms with Gasteiger partial charge in [0.15, 0.2) is 0 Å². The minimum absolute atomic E-state index is 0.0145. The van der Waals surface area contributed by atoms with Crippen molar-refractivity contribution in [3.05, 3.63) is 58.4 Å².